The Morgan fingerprint density at radius 3 is 1.50 bits per heavy atom. The van der Waals surface area contributed by atoms with Gasteiger partial charge in [0.2, 0.25) is 17.7 Å². The summed E-state index contributed by atoms with van der Waals surface area (Å²) in [4.78, 5) is 89.5. The topological polar surface area (TPSA) is 231 Å². The summed E-state index contributed by atoms with van der Waals surface area (Å²) in [6.45, 7) is 22.6. The van der Waals surface area contributed by atoms with E-state index in [1.54, 1.807) is 90.0 Å². The Morgan fingerprint density at radius 2 is 1.00 bits per heavy atom. The third-order valence-electron chi connectivity index (χ3n) is 6.91. The Bertz CT molecular complexity index is 1260. The van der Waals surface area contributed by atoms with Crippen LogP contribution >= 0.6 is 0 Å². The van der Waals surface area contributed by atoms with Crippen LogP contribution in [0.2, 0.25) is 0 Å². The van der Waals surface area contributed by atoms with Crippen molar-refractivity contribution < 1.29 is 52.5 Å². The molecular weight excluding hydrogens is 702 g/mol. The largest absolute Gasteiger partial charge is 0.460 e. The van der Waals surface area contributed by atoms with E-state index in [9.17, 15) is 33.6 Å². The van der Waals surface area contributed by atoms with Gasteiger partial charge < -0.3 is 45.9 Å². The van der Waals surface area contributed by atoms with Gasteiger partial charge in [0.1, 0.15) is 34.5 Å². The van der Waals surface area contributed by atoms with Gasteiger partial charge in [-0.1, -0.05) is 0 Å². The highest BCUT2D eigenvalue weighted by molar-refractivity contribution is 5.92. The molecular formula is C38H69N5O11. The maximum absolute atomic E-state index is 13.7. The summed E-state index contributed by atoms with van der Waals surface area (Å²) in [5, 5.41) is 10.6. The van der Waals surface area contributed by atoms with E-state index in [-0.39, 0.29) is 38.5 Å². The Morgan fingerprint density at radius 1 is 0.537 bits per heavy atom. The van der Waals surface area contributed by atoms with Crippen LogP contribution in [0.4, 0.5) is 4.79 Å². The number of esters is 3. The van der Waals surface area contributed by atoms with E-state index in [0.717, 1.165) is 0 Å². The van der Waals surface area contributed by atoms with E-state index >= 15 is 0 Å². The molecule has 0 saturated heterocycles. The lowest BCUT2D eigenvalue weighted by Crippen LogP contribution is -2.55. The van der Waals surface area contributed by atoms with Crippen molar-refractivity contribution >= 4 is 41.7 Å². The molecule has 0 fully saturated rings. The molecule has 4 unspecified atom stereocenters. The molecule has 0 aromatic carbocycles. The van der Waals surface area contributed by atoms with Crippen molar-refractivity contribution in [2.45, 2.75) is 194 Å². The minimum atomic E-state index is -1.30. The maximum atomic E-state index is 13.7. The first-order valence-electron chi connectivity index (χ1n) is 18.8. The molecule has 0 aromatic heterocycles. The molecule has 312 valence electrons. The second kappa shape index (κ2) is 22.4. The molecule has 0 spiro atoms. The normalized spacial score (nSPS) is 14.3. The van der Waals surface area contributed by atoms with Gasteiger partial charge in [0.05, 0.1) is 6.04 Å². The zero-order chi connectivity index (χ0) is 42.1. The zero-order valence-corrected chi connectivity index (χ0v) is 34.9. The Hall–Kier alpha value is -3.95. The number of carbonyl (C=O) groups excluding carboxylic acids is 7. The summed E-state index contributed by atoms with van der Waals surface area (Å²) in [7, 11) is 0. The first-order chi connectivity index (χ1) is 24.5. The van der Waals surface area contributed by atoms with E-state index < -0.39 is 88.3 Å². The van der Waals surface area contributed by atoms with Crippen LogP contribution in [0.15, 0.2) is 0 Å². The van der Waals surface area contributed by atoms with Gasteiger partial charge in [0, 0.05) is 31.8 Å². The summed E-state index contributed by atoms with van der Waals surface area (Å²) in [6.07, 6.45) is 0.318. The molecule has 4 amide bonds. The predicted molar refractivity (Wildman–Crippen MR) is 203 cm³/mol. The number of rotatable bonds is 20. The fourth-order valence-corrected chi connectivity index (χ4v) is 4.64. The van der Waals surface area contributed by atoms with Crippen LogP contribution < -0.4 is 27.0 Å². The fourth-order valence-electron chi connectivity index (χ4n) is 4.64. The highest BCUT2D eigenvalue weighted by Crippen LogP contribution is 2.15. The van der Waals surface area contributed by atoms with Crippen LogP contribution in [0.3, 0.4) is 0 Å². The minimum Gasteiger partial charge on any atom is -0.460 e. The number of hydrogen-bond donors (Lipinski definition) is 5. The first kappa shape index (κ1) is 50.1. The second-order valence-corrected chi connectivity index (χ2v) is 17.4. The van der Waals surface area contributed by atoms with Crippen LogP contribution in [0, 0.1) is 0 Å². The molecule has 0 aliphatic rings. The number of nitrogens with one attached hydrogen (secondary N) is 4. The molecule has 0 saturated carbocycles. The SMILES string of the molecule is CC(CCC(=O)OC(C)(C)C)NC(=O)CCC(NC(=O)C(N)CCCCNC(=O)OC(C)(C)C)C(=O)NC(CCC(=O)OC(C)(C)C)C(=O)OC(C)(C)C. The van der Waals surface area contributed by atoms with Gasteiger partial charge in [-0.05, 0) is 129 Å². The minimum absolute atomic E-state index is 0.0874. The third-order valence-corrected chi connectivity index (χ3v) is 6.91. The number of hydrogen-bond acceptors (Lipinski definition) is 12. The number of ether oxygens (including phenoxy) is 4. The average Bonchev–Trinajstić information content (AvgIpc) is 2.96. The van der Waals surface area contributed by atoms with Crippen LogP contribution in [0.5, 0.6) is 0 Å². The molecule has 6 N–H and O–H groups in total. The van der Waals surface area contributed by atoms with Gasteiger partial charge >= 0.3 is 24.0 Å². The van der Waals surface area contributed by atoms with Crippen molar-refractivity contribution in [3.05, 3.63) is 0 Å². The molecule has 0 rings (SSSR count). The number of unbranched alkanes of at least 4 members (excludes halogenated alkanes) is 1. The van der Waals surface area contributed by atoms with Gasteiger partial charge in [-0.2, -0.15) is 0 Å². The van der Waals surface area contributed by atoms with Crippen molar-refractivity contribution in [1.29, 1.82) is 0 Å². The van der Waals surface area contributed by atoms with Crippen molar-refractivity contribution in [2.75, 3.05) is 6.54 Å². The fraction of sp³-hybridized carbons (Fsp3) is 0.816. The third kappa shape index (κ3) is 26.8. The smallest absolute Gasteiger partial charge is 0.407 e. The van der Waals surface area contributed by atoms with E-state index in [1.165, 1.54) is 0 Å². The molecule has 16 nitrogen and oxygen atoms in total. The number of carbonyl (C=O) groups is 7. The van der Waals surface area contributed by atoms with Crippen LogP contribution in [0.25, 0.3) is 0 Å². The first-order valence-corrected chi connectivity index (χ1v) is 18.8. The molecule has 54 heavy (non-hydrogen) atoms. The van der Waals surface area contributed by atoms with Crippen LogP contribution in [0.1, 0.15) is 148 Å². The lowest BCUT2D eigenvalue weighted by molar-refractivity contribution is -0.160. The Labute approximate surface area is 321 Å². The van der Waals surface area contributed by atoms with Gasteiger partial charge in [-0.3, -0.25) is 24.0 Å². The molecule has 0 radical (unpaired) electrons. The number of nitrogens with two attached hydrogens (primary N) is 1. The summed E-state index contributed by atoms with van der Waals surface area (Å²) in [6, 6.07) is -4.00. The average molecular weight is 772 g/mol. The standard InChI is InChI=1S/C38H69N5O11/c1-24(17-21-29(45)51-35(2,3)4)41-28(44)20-18-26(42-31(47)25(39)16-14-15-23-40-34(50)54-38(11,12)13)32(48)43-27(33(49)53-37(8,9)10)19-22-30(46)52-36(5,6)7/h24-27H,14-23,39H2,1-13H3,(H,40,50)(H,41,44)(H,42,47)(H,43,48). The van der Waals surface area contributed by atoms with Gasteiger partial charge in [-0.15, -0.1) is 0 Å². The molecule has 0 aliphatic heterocycles. The monoisotopic (exact) mass is 771 g/mol. The summed E-state index contributed by atoms with van der Waals surface area (Å²) >= 11 is 0. The lowest BCUT2D eigenvalue weighted by atomic mass is 10.0. The quantitative estimate of drug-likeness (QED) is 0.0675. The molecule has 4 atom stereocenters. The predicted octanol–water partition coefficient (Wildman–Crippen LogP) is 3.85. The Balaban J connectivity index is 5.77. The van der Waals surface area contributed by atoms with Crippen LogP contribution in [-0.4, -0.2) is 94.8 Å². The molecule has 0 heterocycles. The zero-order valence-electron chi connectivity index (χ0n) is 34.9. The lowest BCUT2D eigenvalue weighted by Gasteiger charge is -2.27. The summed E-state index contributed by atoms with van der Waals surface area (Å²) in [5.41, 5.74) is 3.21. The second-order valence-electron chi connectivity index (χ2n) is 17.4. The highest BCUT2D eigenvalue weighted by atomic mass is 16.6. The van der Waals surface area contributed by atoms with E-state index in [4.69, 9.17) is 24.7 Å². The summed E-state index contributed by atoms with van der Waals surface area (Å²) in [5.74, 6) is -3.66. The van der Waals surface area contributed by atoms with Crippen LogP contribution in [-0.2, 0) is 47.7 Å². The van der Waals surface area contributed by atoms with Crippen molar-refractivity contribution in [2.24, 2.45) is 5.73 Å². The molecule has 0 aromatic rings. The van der Waals surface area contributed by atoms with Crippen molar-refractivity contribution in [3.8, 4) is 0 Å². The molecule has 16 heteroatoms. The maximum Gasteiger partial charge on any atom is 0.407 e. The molecule has 0 aliphatic carbocycles. The van der Waals surface area contributed by atoms with Gasteiger partial charge in [0.25, 0.3) is 0 Å². The molecule has 0 bridgehead atoms. The van der Waals surface area contributed by atoms with Crippen molar-refractivity contribution in [1.82, 2.24) is 21.3 Å². The van der Waals surface area contributed by atoms with E-state index in [0.29, 0.717) is 25.8 Å². The van der Waals surface area contributed by atoms with Gasteiger partial charge in [0.15, 0.2) is 0 Å². The van der Waals surface area contributed by atoms with E-state index in [1.807, 2.05) is 0 Å². The van der Waals surface area contributed by atoms with E-state index in [2.05, 4.69) is 21.3 Å². The van der Waals surface area contributed by atoms with Gasteiger partial charge in [-0.25, -0.2) is 9.59 Å². The Kier molecular flexibility index (Phi) is 20.8. The van der Waals surface area contributed by atoms with Crippen molar-refractivity contribution in [3.63, 3.8) is 0 Å². The number of alkyl carbamates (subject to hydrolysis) is 1. The highest BCUT2D eigenvalue weighted by Gasteiger charge is 2.32. The summed E-state index contributed by atoms with van der Waals surface area (Å²) < 4.78 is 21.4. The number of amides is 4.